The molecule has 0 aliphatic rings. The zero-order valence-corrected chi connectivity index (χ0v) is 55.7. The van der Waals surface area contributed by atoms with E-state index in [1.54, 1.807) is 20.8 Å². The first-order chi connectivity index (χ1) is 35.5. The van der Waals surface area contributed by atoms with Crippen LogP contribution in [0.1, 0.15) is 113 Å². The van der Waals surface area contributed by atoms with Crippen LogP contribution in [0.4, 0.5) is 92.2 Å². The van der Waals surface area contributed by atoms with Crippen molar-refractivity contribution in [2.45, 2.75) is 151 Å². The molecule has 0 aliphatic carbocycles. The summed E-state index contributed by atoms with van der Waals surface area (Å²) < 4.78 is 401. The number of halogens is 21. The third-order valence-electron chi connectivity index (χ3n) is 6.75. The van der Waals surface area contributed by atoms with E-state index in [4.69, 9.17) is 0 Å². The molecule has 0 fully saturated rings. The summed E-state index contributed by atoms with van der Waals surface area (Å²) in [7, 11) is -36.1. The van der Waals surface area contributed by atoms with Gasteiger partial charge >= 0.3 is 38.6 Å². The van der Waals surface area contributed by atoms with Gasteiger partial charge in [-0.1, -0.05) is 119 Å². The molecule has 0 amide bonds. The molecular formula is C39H78F21N7O14S7. The predicted molar refractivity (Wildman–Crippen MR) is 298 cm³/mol. The molecule has 88 heavy (non-hydrogen) atoms. The van der Waals surface area contributed by atoms with Crippen molar-refractivity contribution in [3.8, 4) is 0 Å². The third-order valence-corrected chi connectivity index (χ3v) is 14.5. The van der Waals surface area contributed by atoms with Crippen molar-refractivity contribution < 1.29 is 151 Å². The molecule has 0 atom stereocenters. The highest BCUT2D eigenvalue weighted by molar-refractivity contribution is 7.96. The summed E-state index contributed by atoms with van der Waals surface area (Å²) >= 11 is 0. The van der Waals surface area contributed by atoms with Crippen molar-refractivity contribution in [2.24, 2.45) is 5.92 Å². The van der Waals surface area contributed by atoms with Gasteiger partial charge < -0.3 is 33.1 Å². The van der Waals surface area contributed by atoms with Crippen LogP contribution in [-0.2, 0) is 70.2 Å². The lowest BCUT2D eigenvalue weighted by Crippen LogP contribution is -2.23. The molecule has 0 unspecified atom stereocenters. The average Bonchev–Trinajstić information content (AvgIpc) is 3.25. The van der Waals surface area contributed by atoms with Crippen LogP contribution in [0, 0.1) is 57.9 Å². The fraction of sp³-hybridized carbons (Fsp3) is 0.821. The first-order valence-corrected chi connectivity index (χ1v) is 31.5. The van der Waals surface area contributed by atoms with Crippen LogP contribution in [0.2, 0.25) is 0 Å². The van der Waals surface area contributed by atoms with Crippen molar-refractivity contribution in [1.82, 2.24) is 0 Å². The van der Waals surface area contributed by atoms with Crippen molar-refractivity contribution in [3.63, 3.8) is 0 Å². The van der Waals surface area contributed by atoms with E-state index in [9.17, 15) is 151 Å². The predicted octanol–water partition coefficient (Wildman–Crippen LogP) is 15.9. The van der Waals surface area contributed by atoms with Crippen LogP contribution < -0.4 is 0 Å². The summed E-state index contributed by atoms with van der Waals surface area (Å²) in [6, 6.07) is 0. The Morgan fingerprint density at radius 1 is 0.273 bits per heavy atom. The van der Waals surface area contributed by atoms with Crippen molar-refractivity contribution in [1.29, 1.82) is 0 Å². The lowest BCUT2D eigenvalue weighted by atomic mass is 10.2. The lowest BCUT2D eigenvalue weighted by Gasteiger charge is -2.23. The summed E-state index contributed by atoms with van der Waals surface area (Å²) in [5.74, 6) is -0.206. The fourth-order valence-corrected chi connectivity index (χ4v) is 6.23. The number of alkyl halides is 21. The molecule has 21 nitrogen and oxygen atoms in total. The quantitative estimate of drug-likeness (QED) is 0.0493. The Labute approximate surface area is 507 Å². The molecule has 0 aromatic rings. The molecule has 0 aliphatic heterocycles. The van der Waals surface area contributed by atoms with E-state index in [0.29, 0.717) is 45.6 Å². The fourth-order valence-electron chi connectivity index (χ4n) is 2.78. The van der Waals surface area contributed by atoms with Gasteiger partial charge in [0.2, 0.25) is 0 Å². The summed E-state index contributed by atoms with van der Waals surface area (Å²) in [5, 5.41) is 0. The zero-order chi connectivity index (χ0) is 66.8. The van der Waals surface area contributed by atoms with Gasteiger partial charge in [-0.15, -0.1) is 39.3 Å². The smallest absolute Gasteiger partial charge is 0.480 e. The van der Waals surface area contributed by atoms with E-state index in [1.807, 2.05) is 13.8 Å². The molecule has 0 bridgehead atoms. The van der Waals surface area contributed by atoms with Crippen molar-refractivity contribution in [2.75, 3.05) is 46.3 Å². The summed E-state index contributed by atoms with van der Waals surface area (Å²) in [4.78, 5) is 0. The second kappa shape index (κ2) is 50.5. The van der Waals surface area contributed by atoms with E-state index in [0.717, 1.165) is 19.3 Å². The number of rotatable bonds is 24. The van der Waals surface area contributed by atoms with Crippen LogP contribution in [0.25, 0.3) is 33.1 Å². The number of sulfonamides is 7. The minimum Gasteiger partial charge on any atom is -0.544 e. The van der Waals surface area contributed by atoms with Gasteiger partial charge in [-0.25, -0.2) is 58.9 Å². The van der Waals surface area contributed by atoms with Crippen LogP contribution in [-0.4, -0.2) is 144 Å². The molecule has 542 valence electrons. The maximum Gasteiger partial charge on any atom is 0.480 e. The Kier molecular flexibility index (Phi) is 68.3. The lowest BCUT2D eigenvalue weighted by molar-refractivity contribution is -0.0433. The van der Waals surface area contributed by atoms with E-state index < -0.39 is 109 Å². The van der Waals surface area contributed by atoms with E-state index in [-0.39, 0.29) is 104 Å². The molecule has 0 aromatic carbocycles. The largest absolute Gasteiger partial charge is 0.544 e. The number of hydrogen-bond acceptors (Lipinski definition) is 14. The second-order valence-corrected chi connectivity index (χ2v) is 26.1. The van der Waals surface area contributed by atoms with E-state index >= 15 is 0 Å². The second-order valence-electron chi connectivity index (χ2n) is 14.3. The van der Waals surface area contributed by atoms with Crippen LogP contribution >= 0.6 is 0 Å². The molecule has 0 aromatic heterocycles. The maximum absolute atomic E-state index is 11.7. The highest BCUT2D eigenvalue weighted by atomic mass is 32.2. The van der Waals surface area contributed by atoms with Crippen molar-refractivity contribution in [3.05, 3.63) is 85.0 Å². The molecule has 0 rings (SSSR count). The minimum atomic E-state index is -5.27. The summed E-state index contributed by atoms with van der Waals surface area (Å²) in [6.07, 6.45) is 5.97. The maximum atomic E-state index is 11.7. The van der Waals surface area contributed by atoms with Crippen LogP contribution in [0.3, 0.4) is 0 Å². The van der Waals surface area contributed by atoms with Gasteiger partial charge in [0.05, 0.1) is 0 Å². The third kappa shape index (κ3) is 56.9. The monoisotopic (exact) mass is 1490 g/mol. The van der Waals surface area contributed by atoms with Gasteiger partial charge in [-0.2, -0.15) is 99.2 Å². The summed E-state index contributed by atoms with van der Waals surface area (Å²) in [6.45, 7) is 9.56. The Hall–Kier alpha value is -3.01. The Morgan fingerprint density at radius 3 is 0.659 bits per heavy atom. The first-order valence-electron chi connectivity index (χ1n) is 21.5. The molecule has 0 saturated heterocycles. The summed E-state index contributed by atoms with van der Waals surface area (Å²) in [5.41, 5.74) is -36.8. The van der Waals surface area contributed by atoms with Gasteiger partial charge in [-0.05, 0) is 0 Å². The van der Waals surface area contributed by atoms with Crippen LogP contribution in [0.5, 0.6) is 0 Å². The number of unbranched alkanes of at least 4 members (excludes halogenated alkanes) is 6. The SMILES string of the molecule is CC(C)C[N-]S(=O)(=O)C(F)(F)F.CCCCCC[N-]S(=O)(=O)C(F)(F)F.CCCCC[N-]S(=O)(=O)C(F)(F)F.CCCC[N-]S(=O)(=O)C(F)(F)F.CCC[N-]S(=O)(=O)C(F)(F)F.CC[N-]S(=O)(=O)C(F)(F)F.C[N-]S(=O)(=O)C(F)(F)F.[CH3+].[CH3+].[CH3+].[CH3+].[CH3+].[CH3+].[CH3+]. The van der Waals surface area contributed by atoms with Gasteiger partial charge in [0.1, 0.15) is 0 Å². The number of hydrogen-bond donors (Lipinski definition) is 0. The minimum absolute atomic E-state index is 0. The molecule has 0 heterocycles. The first kappa shape index (κ1) is 119. The Bertz CT molecular complexity index is 2500. The highest BCUT2D eigenvalue weighted by Crippen LogP contribution is 2.32. The molecular weight excluding hydrogens is 1410 g/mol. The molecule has 0 saturated carbocycles. The molecule has 0 radical (unpaired) electrons. The van der Waals surface area contributed by atoms with E-state index in [2.05, 4.69) is 33.1 Å². The molecule has 49 heteroatoms. The Morgan fingerprint density at radius 2 is 0.477 bits per heavy atom. The topological polar surface area (TPSA) is 338 Å². The van der Waals surface area contributed by atoms with E-state index in [1.165, 1.54) is 13.8 Å². The van der Waals surface area contributed by atoms with Gasteiger partial charge in [0.25, 0.3) is 0 Å². The molecule has 0 N–H and O–H groups in total. The van der Waals surface area contributed by atoms with Crippen molar-refractivity contribution >= 4 is 70.2 Å². The number of nitrogens with zero attached hydrogens (tertiary/aromatic N) is 7. The highest BCUT2D eigenvalue weighted by Gasteiger charge is 2.42. The molecule has 0 spiro atoms. The Balaban J connectivity index is -0.0000000599. The van der Waals surface area contributed by atoms with Gasteiger partial charge in [0.15, 0.2) is 70.2 Å². The van der Waals surface area contributed by atoms with Crippen LogP contribution in [0.15, 0.2) is 0 Å². The van der Waals surface area contributed by atoms with Gasteiger partial charge in [-0.3, -0.25) is 0 Å². The van der Waals surface area contributed by atoms with Gasteiger partial charge in [0, 0.05) is 52.0 Å². The average molecular weight is 1490 g/mol. The normalized spacial score (nSPS) is 12.4. The zero-order valence-electron chi connectivity index (χ0n) is 50.0. The standard InChI is InChI=1S/C7H13F3NO2S.C6H11F3NO2S.2C5H9F3NO2S.C4H7F3NO2S.C3H5F3NO2S.C2H3F3NO2S.7CH3/c1-2-3-4-5-6-11-14(12,13)7(8,9)10;1-2-3-4-5-10-13(11,12)6(7,8)9;1-4(2)3-9-12(10,11)5(6,7)8;1-2-3-4-9-12(10,11)5(6,7)8;1-2-3-8-11(9,10)4(5,6)7;1-2-7-10(8,9)3(4,5)6;1-6-9(7,8)2(3,4)5;;;;;;;/h2-6H2,1H3;2-5H2,1H3;4H,3H2,1-2H3;2-4H2,1H3;2-3H2,1H3;2H2,1H3;1H3;7*1H3/q7*-1;7*+1.